The van der Waals surface area contributed by atoms with Crippen molar-refractivity contribution in [2.45, 2.75) is 52.1 Å². The van der Waals surface area contributed by atoms with Crippen molar-refractivity contribution in [3.05, 3.63) is 76.1 Å². The average molecular weight is 537 g/mol. The van der Waals surface area contributed by atoms with E-state index in [2.05, 4.69) is 11.9 Å². The summed E-state index contributed by atoms with van der Waals surface area (Å²) >= 11 is 6.42. The quantitative estimate of drug-likeness (QED) is 0.338. The predicted molar refractivity (Wildman–Crippen MR) is 142 cm³/mol. The van der Waals surface area contributed by atoms with Crippen LogP contribution in [-0.4, -0.2) is 46.2 Å². The molecular weight excluding hydrogens is 505 g/mol. The van der Waals surface area contributed by atoms with Crippen LogP contribution >= 0.6 is 11.6 Å². The summed E-state index contributed by atoms with van der Waals surface area (Å²) in [5.74, 6) is 0.722. The van der Waals surface area contributed by atoms with Gasteiger partial charge in [0.2, 0.25) is 0 Å². The number of allylic oxidation sites excluding steroid dienone is 5. The second kappa shape index (κ2) is 12.1. The van der Waals surface area contributed by atoms with Crippen molar-refractivity contribution in [2.75, 3.05) is 18.0 Å². The SMILES string of the molecule is C=C(/C=C\C(=C/C)C(F)(F)F)n1c(-c2ccccc2Cl)nc(N2CCC(NC(O)C(C)C)CC2)cc1=O. The lowest BCUT2D eigenvalue weighted by atomic mass is 10.0. The van der Waals surface area contributed by atoms with Crippen LogP contribution in [0.2, 0.25) is 5.02 Å². The average Bonchev–Trinajstić information content (AvgIpc) is 2.83. The second-order valence-corrected chi connectivity index (χ2v) is 9.68. The number of aromatic nitrogens is 2. The van der Waals surface area contributed by atoms with E-state index in [-0.39, 0.29) is 23.5 Å². The van der Waals surface area contributed by atoms with E-state index < -0.39 is 23.5 Å². The third-order valence-electron chi connectivity index (χ3n) is 6.26. The number of alkyl halides is 3. The minimum atomic E-state index is -4.53. The molecule has 0 saturated carbocycles. The number of nitrogens with zero attached hydrogens (tertiary/aromatic N) is 3. The fraction of sp³-hybridized carbons (Fsp3) is 0.407. The molecule has 1 fully saturated rings. The first-order chi connectivity index (χ1) is 17.4. The number of piperidine rings is 1. The van der Waals surface area contributed by atoms with E-state index in [9.17, 15) is 23.1 Å². The molecular formula is C27H32ClF3N4O2. The van der Waals surface area contributed by atoms with Crippen molar-refractivity contribution in [1.82, 2.24) is 14.9 Å². The lowest BCUT2D eigenvalue weighted by Gasteiger charge is -2.35. The molecule has 2 heterocycles. The Hall–Kier alpha value is -2.88. The number of hydrogen-bond donors (Lipinski definition) is 2. The molecule has 0 amide bonds. The van der Waals surface area contributed by atoms with Gasteiger partial charge in [0.15, 0.2) is 5.82 Å². The number of aliphatic hydroxyl groups excluding tert-OH is 1. The minimum absolute atomic E-state index is 0.0214. The Morgan fingerprint density at radius 3 is 2.46 bits per heavy atom. The van der Waals surface area contributed by atoms with Gasteiger partial charge in [0, 0.05) is 36.5 Å². The maximum absolute atomic E-state index is 13.3. The van der Waals surface area contributed by atoms with Gasteiger partial charge >= 0.3 is 6.18 Å². The van der Waals surface area contributed by atoms with Crippen molar-refractivity contribution >= 4 is 23.1 Å². The number of aliphatic hydroxyl groups is 1. The summed E-state index contributed by atoms with van der Waals surface area (Å²) in [5, 5.41) is 13.7. The fourth-order valence-electron chi connectivity index (χ4n) is 4.06. The van der Waals surface area contributed by atoms with Crippen LogP contribution in [0.4, 0.5) is 19.0 Å². The molecule has 200 valence electrons. The van der Waals surface area contributed by atoms with Gasteiger partial charge < -0.3 is 10.0 Å². The molecule has 0 radical (unpaired) electrons. The zero-order chi connectivity index (χ0) is 27.3. The maximum atomic E-state index is 13.3. The van der Waals surface area contributed by atoms with Crippen LogP contribution in [0.3, 0.4) is 0 Å². The second-order valence-electron chi connectivity index (χ2n) is 9.27. The van der Waals surface area contributed by atoms with Crippen LogP contribution in [-0.2, 0) is 0 Å². The zero-order valence-corrected chi connectivity index (χ0v) is 21.9. The molecule has 0 aliphatic carbocycles. The van der Waals surface area contributed by atoms with E-state index in [1.165, 1.54) is 13.0 Å². The monoisotopic (exact) mass is 536 g/mol. The molecule has 1 aliphatic heterocycles. The molecule has 10 heteroatoms. The Morgan fingerprint density at radius 2 is 1.89 bits per heavy atom. The van der Waals surface area contributed by atoms with Gasteiger partial charge in [-0.25, -0.2) is 4.98 Å². The summed E-state index contributed by atoms with van der Waals surface area (Å²) in [5.41, 5.74) is -0.867. The van der Waals surface area contributed by atoms with E-state index in [1.54, 1.807) is 24.3 Å². The number of nitrogens with one attached hydrogen (secondary N) is 1. The summed E-state index contributed by atoms with van der Waals surface area (Å²) in [6.45, 7) is 10.2. The highest BCUT2D eigenvalue weighted by atomic mass is 35.5. The molecule has 1 aromatic carbocycles. The number of hydrogen-bond acceptors (Lipinski definition) is 5. The first-order valence-corrected chi connectivity index (χ1v) is 12.5. The third kappa shape index (κ3) is 7.12. The molecule has 6 nitrogen and oxygen atoms in total. The van der Waals surface area contributed by atoms with Gasteiger partial charge in [-0.15, -0.1) is 0 Å². The van der Waals surface area contributed by atoms with Gasteiger partial charge in [-0.2, -0.15) is 13.2 Å². The third-order valence-corrected chi connectivity index (χ3v) is 6.59. The highest BCUT2D eigenvalue weighted by Gasteiger charge is 2.31. The molecule has 0 spiro atoms. The number of anilines is 1. The summed E-state index contributed by atoms with van der Waals surface area (Å²) in [6.07, 6.45) is -0.669. The molecule has 1 aromatic heterocycles. The highest BCUT2D eigenvalue weighted by molar-refractivity contribution is 6.33. The topological polar surface area (TPSA) is 70.4 Å². The maximum Gasteiger partial charge on any atom is 0.416 e. The standard InChI is InChI=1S/C27H32ClF3N4O2/c1-5-19(27(29,30)31)11-10-18(4)35-24(36)16-23(33-25(35)21-8-6-7-9-22(21)28)34-14-12-20(13-15-34)32-26(37)17(2)3/h5-11,16-17,20,26,32,37H,4,12-15H2,1-3H3/b11-10-,19-5+. The molecule has 1 atom stereocenters. The van der Waals surface area contributed by atoms with Crippen molar-refractivity contribution < 1.29 is 18.3 Å². The Balaban J connectivity index is 1.96. The number of halogens is 4. The first kappa shape index (κ1) is 28.7. The fourth-order valence-corrected chi connectivity index (χ4v) is 4.28. The lowest BCUT2D eigenvalue weighted by Crippen LogP contribution is -2.48. The summed E-state index contributed by atoms with van der Waals surface area (Å²) in [7, 11) is 0. The van der Waals surface area contributed by atoms with Crippen LogP contribution in [0.15, 0.2) is 65.5 Å². The van der Waals surface area contributed by atoms with E-state index in [0.717, 1.165) is 35.6 Å². The normalized spacial score (nSPS) is 16.6. The predicted octanol–water partition coefficient (Wildman–Crippen LogP) is 5.63. The van der Waals surface area contributed by atoms with Crippen LogP contribution in [0, 0.1) is 5.92 Å². The smallest absolute Gasteiger partial charge is 0.378 e. The van der Waals surface area contributed by atoms with Gasteiger partial charge in [-0.1, -0.05) is 50.2 Å². The van der Waals surface area contributed by atoms with E-state index >= 15 is 0 Å². The summed E-state index contributed by atoms with van der Waals surface area (Å²) < 4.78 is 40.7. The molecule has 3 rings (SSSR count). The molecule has 1 unspecified atom stereocenters. The molecule has 2 aromatic rings. The van der Waals surface area contributed by atoms with E-state index in [4.69, 9.17) is 16.6 Å². The zero-order valence-electron chi connectivity index (χ0n) is 21.1. The van der Waals surface area contributed by atoms with Crippen LogP contribution in [0.25, 0.3) is 17.1 Å². The molecule has 37 heavy (non-hydrogen) atoms. The van der Waals surface area contributed by atoms with Crippen LogP contribution in [0.1, 0.15) is 33.6 Å². The Labute approximate surface area is 219 Å². The van der Waals surface area contributed by atoms with Gasteiger partial charge in [-0.3, -0.25) is 14.7 Å². The van der Waals surface area contributed by atoms with Gasteiger partial charge in [0.1, 0.15) is 12.0 Å². The number of rotatable bonds is 8. The van der Waals surface area contributed by atoms with Crippen LogP contribution < -0.4 is 15.8 Å². The van der Waals surface area contributed by atoms with Crippen molar-refractivity contribution in [3.63, 3.8) is 0 Å². The van der Waals surface area contributed by atoms with Crippen molar-refractivity contribution in [1.29, 1.82) is 0 Å². The highest BCUT2D eigenvalue weighted by Crippen LogP contribution is 2.30. The van der Waals surface area contributed by atoms with Gasteiger partial charge in [-0.05, 0) is 50.0 Å². The van der Waals surface area contributed by atoms with Gasteiger partial charge in [0.25, 0.3) is 5.56 Å². The van der Waals surface area contributed by atoms with Crippen molar-refractivity contribution in [2.24, 2.45) is 5.92 Å². The number of benzene rings is 1. The van der Waals surface area contributed by atoms with Crippen LogP contribution in [0.5, 0.6) is 0 Å². The first-order valence-electron chi connectivity index (χ1n) is 12.1. The largest absolute Gasteiger partial charge is 0.416 e. The Kier molecular flexibility index (Phi) is 9.39. The molecule has 0 bridgehead atoms. The van der Waals surface area contributed by atoms with Crippen molar-refractivity contribution in [3.8, 4) is 11.4 Å². The van der Waals surface area contributed by atoms with Gasteiger partial charge in [0.05, 0.1) is 10.6 Å². The minimum Gasteiger partial charge on any atom is -0.378 e. The summed E-state index contributed by atoms with van der Waals surface area (Å²) in [4.78, 5) is 20.0. The van der Waals surface area contributed by atoms with E-state index in [1.807, 2.05) is 18.7 Å². The van der Waals surface area contributed by atoms with E-state index in [0.29, 0.717) is 29.5 Å². The Morgan fingerprint density at radius 1 is 1.24 bits per heavy atom. The lowest BCUT2D eigenvalue weighted by molar-refractivity contribution is -0.0883. The molecule has 1 saturated heterocycles. The Bertz CT molecular complexity index is 1230. The molecule has 2 N–H and O–H groups in total. The molecule has 1 aliphatic rings. The summed E-state index contributed by atoms with van der Waals surface area (Å²) in [6, 6.07) is 8.31.